The van der Waals surface area contributed by atoms with Crippen LogP contribution < -0.4 is 10.4 Å². The molecule has 154 valence electrons. The molecule has 0 unspecified atom stereocenters. The van der Waals surface area contributed by atoms with Gasteiger partial charge in [-0.1, -0.05) is 74.6 Å². The highest BCUT2D eigenvalue weighted by atomic mass is 32.1. The summed E-state index contributed by atoms with van der Waals surface area (Å²) in [5, 5.41) is 10.3. The number of aryl methyl sites for hydroxylation is 1. The summed E-state index contributed by atoms with van der Waals surface area (Å²) in [4.78, 5) is 16.8. The predicted octanol–water partition coefficient (Wildman–Crippen LogP) is 3.97. The monoisotopic (exact) mass is 421 g/mol. The molecule has 0 saturated carbocycles. The van der Waals surface area contributed by atoms with E-state index in [2.05, 4.69) is 60.4 Å². The molecule has 30 heavy (non-hydrogen) atoms. The number of ether oxygens (including phenoxy) is 1. The summed E-state index contributed by atoms with van der Waals surface area (Å²) in [6.45, 7) is 6.87. The van der Waals surface area contributed by atoms with Gasteiger partial charge in [0, 0.05) is 23.6 Å². The Morgan fingerprint density at radius 2 is 1.77 bits per heavy atom. The maximum Gasteiger partial charge on any atom is 0.368 e. The van der Waals surface area contributed by atoms with Crippen molar-refractivity contribution in [1.82, 2.24) is 24.8 Å². The van der Waals surface area contributed by atoms with E-state index in [9.17, 15) is 4.79 Å². The molecule has 4 aromatic rings. The van der Waals surface area contributed by atoms with Crippen LogP contribution in [0, 0.1) is 0 Å². The third-order valence-corrected chi connectivity index (χ3v) is 5.57. The Morgan fingerprint density at radius 3 is 2.43 bits per heavy atom. The summed E-state index contributed by atoms with van der Waals surface area (Å²) in [6, 6.07) is 15.9. The molecule has 0 bridgehead atoms. The lowest BCUT2D eigenvalue weighted by atomic mass is 9.86. The van der Waals surface area contributed by atoms with Gasteiger partial charge >= 0.3 is 5.69 Å². The molecule has 7 nitrogen and oxygen atoms in total. The third kappa shape index (κ3) is 4.04. The lowest BCUT2D eigenvalue weighted by molar-refractivity contribution is 0.304. The van der Waals surface area contributed by atoms with E-state index in [1.165, 1.54) is 26.3 Å². The van der Waals surface area contributed by atoms with Crippen LogP contribution in [-0.4, -0.2) is 24.8 Å². The van der Waals surface area contributed by atoms with Crippen LogP contribution in [0.1, 0.15) is 31.9 Å². The molecule has 8 heteroatoms. The van der Waals surface area contributed by atoms with Gasteiger partial charge in [-0.05, 0) is 27.5 Å². The summed E-state index contributed by atoms with van der Waals surface area (Å²) in [6.07, 6.45) is 0. The van der Waals surface area contributed by atoms with E-state index >= 15 is 0 Å². The normalized spacial score (nSPS) is 11.6. The minimum atomic E-state index is -0.308. The van der Waals surface area contributed by atoms with Gasteiger partial charge in [0.1, 0.15) is 6.61 Å². The van der Waals surface area contributed by atoms with Crippen LogP contribution in [-0.2, 0) is 19.1 Å². The van der Waals surface area contributed by atoms with E-state index in [0.29, 0.717) is 10.9 Å². The van der Waals surface area contributed by atoms with Crippen molar-refractivity contribution in [3.8, 4) is 22.1 Å². The zero-order valence-corrected chi connectivity index (χ0v) is 18.2. The van der Waals surface area contributed by atoms with Crippen molar-refractivity contribution in [3.05, 3.63) is 75.5 Å². The van der Waals surface area contributed by atoms with Crippen LogP contribution in [0.2, 0.25) is 0 Å². The fourth-order valence-electron chi connectivity index (χ4n) is 3.04. The van der Waals surface area contributed by atoms with Gasteiger partial charge in [-0.2, -0.15) is 9.36 Å². The molecule has 0 saturated heterocycles. The van der Waals surface area contributed by atoms with Crippen molar-refractivity contribution in [1.29, 1.82) is 0 Å². The van der Waals surface area contributed by atoms with Crippen molar-refractivity contribution in [2.24, 2.45) is 7.05 Å². The minimum Gasteiger partial charge on any atom is -0.465 e. The second-order valence-corrected chi connectivity index (χ2v) is 8.86. The molecule has 0 aliphatic heterocycles. The van der Waals surface area contributed by atoms with E-state index in [-0.39, 0.29) is 17.7 Å². The van der Waals surface area contributed by atoms with Gasteiger partial charge in [0.25, 0.3) is 5.19 Å². The fourth-order valence-corrected chi connectivity index (χ4v) is 3.72. The van der Waals surface area contributed by atoms with E-state index < -0.39 is 0 Å². The molecular formula is C22H23N5O2S. The molecule has 0 radical (unpaired) electrons. The smallest absolute Gasteiger partial charge is 0.368 e. The molecule has 0 aliphatic carbocycles. The zero-order valence-electron chi connectivity index (χ0n) is 17.4. The maximum atomic E-state index is 12.2. The maximum absolute atomic E-state index is 12.2. The molecule has 0 aliphatic rings. The molecule has 0 fully saturated rings. The summed E-state index contributed by atoms with van der Waals surface area (Å²) >= 11 is 1.45. The molecule has 4 rings (SSSR count). The quantitative estimate of drug-likeness (QED) is 0.487. The second-order valence-electron chi connectivity index (χ2n) is 8.04. The highest BCUT2D eigenvalue weighted by Gasteiger charge is 2.15. The number of rotatable bonds is 5. The van der Waals surface area contributed by atoms with Gasteiger partial charge in [0.05, 0.1) is 11.4 Å². The van der Waals surface area contributed by atoms with Crippen LogP contribution >= 0.6 is 11.3 Å². The van der Waals surface area contributed by atoms with Gasteiger partial charge in [0.2, 0.25) is 0 Å². The van der Waals surface area contributed by atoms with E-state index in [1.54, 1.807) is 7.05 Å². The number of hydrogen-bond donors (Lipinski definition) is 0. The standard InChI is InChI=1S/C22H23N5O2S/c1-22(2,3)17-11-9-15(10-12-17)18-14-30-20(23-18)29-13-16-7-5-6-8-19(16)27-21(28)26(4)24-25-27/h5-12,14H,13H2,1-4H3. The first-order chi connectivity index (χ1) is 14.3. The van der Waals surface area contributed by atoms with Gasteiger partial charge in [-0.15, -0.1) is 0 Å². The average molecular weight is 422 g/mol. The first kappa shape index (κ1) is 20.0. The number of benzene rings is 2. The van der Waals surface area contributed by atoms with Crippen molar-refractivity contribution >= 4 is 11.3 Å². The summed E-state index contributed by atoms with van der Waals surface area (Å²) in [5.74, 6) is 0. The Hall–Kier alpha value is -3.26. The summed E-state index contributed by atoms with van der Waals surface area (Å²) in [7, 11) is 1.57. The number of nitrogens with zero attached hydrogens (tertiary/aromatic N) is 5. The SMILES string of the molecule is Cn1nnn(-c2ccccc2COc2nc(-c3ccc(C(C)(C)C)cc3)cs2)c1=O. The van der Waals surface area contributed by atoms with Crippen LogP contribution in [0.25, 0.3) is 16.9 Å². The van der Waals surface area contributed by atoms with Crippen molar-refractivity contribution in [2.45, 2.75) is 32.8 Å². The number of aromatic nitrogens is 5. The Balaban J connectivity index is 1.51. The molecule has 2 aromatic heterocycles. The van der Waals surface area contributed by atoms with Crippen molar-refractivity contribution < 1.29 is 4.74 Å². The van der Waals surface area contributed by atoms with E-state index in [1.807, 2.05) is 29.6 Å². The molecular weight excluding hydrogens is 398 g/mol. The first-order valence-corrected chi connectivity index (χ1v) is 10.5. The van der Waals surface area contributed by atoms with Gasteiger partial charge in [-0.25, -0.2) is 9.78 Å². The largest absolute Gasteiger partial charge is 0.465 e. The van der Waals surface area contributed by atoms with Crippen molar-refractivity contribution in [2.75, 3.05) is 0 Å². The number of hydrogen-bond acceptors (Lipinski definition) is 6. The topological polar surface area (TPSA) is 74.8 Å². The first-order valence-electron chi connectivity index (χ1n) is 9.59. The molecule has 0 N–H and O–H groups in total. The Kier molecular flexibility index (Phi) is 5.26. The molecule has 0 amide bonds. The highest BCUT2D eigenvalue weighted by molar-refractivity contribution is 7.11. The summed E-state index contributed by atoms with van der Waals surface area (Å²) in [5.41, 5.74) is 4.51. The number of tetrazole rings is 1. The van der Waals surface area contributed by atoms with Crippen LogP contribution in [0.3, 0.4) is 0 Å². The van der Waals surface area contributed by atoms with Gasteiger partial charge in [-0.3, -0.25) is 0 Å². The zero-order chi connectivity index (χ0) is 21.3. The fraction of sp³-hybridized carbons (Fsp3) is 0.273. The van der Waals surface area contributed by atoms with Gasteiger partial charge < -0.3 is 4.74 Å². The van der Waals surface area contributed by atoms with E-state index in [0.717, 1.165) is 16.8 Å². The molecule has 2 heterocycles. The second kappa shape index (κ2) is 7.87. The van der Waals surface area contributed by atoms with Crippen LogP contribution in [0.15, 0.2) is 58.7 Å². The minimum absolute atomic E-state index is 0.118. The van der Waals surface area contributed by atoms with Gasteiger partial charge in [0.15, 0.2) is 0 Å². The number of thiazole rings is 1. The molecule has 0 spiro atoms. The highest BCUT2D eigenvalue weighted by Crippen LogP contribution is 2.29. The average Bonchev–Trinajstić information content (AvgIpc) is 3.33. The predicted molar refractivity (Wildman–Crippen MR) is 117 cm³/mol. The lowest BCUT2D eigenvalue weighted by Crippen LogP contribution is -2.23. The lowest BCUT2D eigenvalue weighted by Gasteiger charge is -2.18. The Bertz CT molecular complexity index is 1220. The third-order valence-electron chi connectivity index (χ3n) is 4.82. The molecule has 2 aromatic carbocycles. The summed E-state index contributed by atoms with van der Waals surface area (Å²) < 4.78 is 8.37. The molecule has 0 atom stereocenters. The van der Waals surface area contributed by atoms with Crippen LogP contribution in [0.5, 0.6) is 5.19 Å². The van der Waals surface area contributed by atoms with Crippen LogP contribution in [0.4, 0.5) is 0 Å². The number of para-hydroxylation sites is 1. The Morgan fingerprint density at radius 1 is 1.03 bits per heavy atom. The Labute approximate surface area is 178 Å². The van der Waals surface area contributed by atoms with E-state index in [4.69, 9.17) is 4.74 Å². The van der Waals surface area contributed by atoms with Crippen molar-refractivity contribution in [3.63, 3.8) is 0 Å².